The van der Waals surface area contributed by atoms with Crippen LogP contribution in [0.4, 0.5) is 0 Å². The quantitative estimate of drug-likeness (QED) is 0.263. The summed E-state index contributed by atoms with van der Waals surface area (Å²) in [6.07, 6.45) is 1.81. The van der Waals surface area contributed by atoms with Crippen LogP contribution >= 0.6 is 11.3 Å². The van der Waals surface area contributed by atoms with Crippen LogP contribution < -0.4 is 14.8 Å². The number of amides is 1. The third-order valence-corrected chi connectivity index (χ3v) is 8.91. The first-order chi connectivity index (χ1) is 18.7. The number of hydrogen-bond donors (Lipinski definition) is 2. The summed E-state index contributed by atoms with van der Waals surface area (Å²) in [6, 6.07) is 16.6. The Balaban J connectivity index is 1.43. The number of thiophene rings is 1. The van der Waals surface area contributed by atoms with E-state index < -0.39 is 22.0 Å². The van der Waals surface area contributed by atoms with Gasteiger partial charge in [-0.1, -0.05) is 29.5 Å². The van der Waals surface area contributed by atoms with E-state index in [0.717, 1.165) is 27.3 Å². The number of methoxy groups -OCH3 is 2. The van der Waals surface area contributed by atoms with Gasteiger partial charge in [-0.05, 0) is 47.5 Å². The van der Waals surface area contributed by atoms with Crippen molar-refractivity contribution in [3.63, 3.8) is 0 Å². The molecular formula is C26H27N5O6S2. The standard InChI is InChI=1S/C26H27N5O6S2/c1-27-25(32)19-8-6-18(7-9-19)23-12-13-24(38-23)39(34,35)28-15-20-16-31(30-29-20)22(26(33)37-3)14-17-4-10-21(36-2)11-5-17/h4-13,16,22,28H,14-15H2,1-3H3,(H,27,32)/t22-/m0/s1. The van der Waals surface area contributed by atoms with Crippen molar-refractivity contribution < 1.29 is 27.5 Å². The molecule has 0 aliphatic heterocycles. The van der Waals surface area contributed by atoms with E-state index in [0.29, 0.717) is 23.4 Å². The van der Waals surface area contributed by atoms with Crippen molar-refractivity contribution in [3.8, 4) is 16.2 Å². The Morgan fingerprint density at radius 1 is 1.03 bits per heavy atom. The lowest BCUT2D eigenvalue weighted by atomic mass is 10.1. The van der Waals surface area contributed by atoms with Gasteiger partial charge in [-0.15, -0.1) is 16.4 Å². The maximum Gasteiger partial charge on any atom is 0.331 e. The number of hydrogen-bond acceptors (Lipinski definition) is 9. The van der Waals surface area contributed by atoms with Gasteiger partial charge in [0.2, 0.25) is 10.0 Å². The number of sulfonamides is 1. The van der Waals surface area contributed by atoms with Gasteiger partial charge in [0.1, 0.15) is 9.96 Å². The Kier molecular flexibility index (Phi) is 8.74. The molecule has 0 unspecified atom stereocenters. The molecular weight excluding hydrogens is 542 g/mol. The van der Waals surface area contributed by atoms with Crippen molar-refractivity contribution in [3.05, 3.63) is 83.7 Å². The zero-order chi connectivity index (χ0) is 28.0. The molecule has 0 fully saturated rings. The lowest BCUT2D eigenvalue weighted by molar-refractivity contribution is -0.144. The smallest absolute Gasteiger partial charge is 0.331 e. The molecule has 13 heteroatoms. The summed E-state index contributed by atoms with van der Waals surface area (Å²) in [4.78, 5) is 25.0. The van der Waals surface area contributed by atoms with E-state index in [1.165, 1.54) is 24.1 Å². The Labute approximate surface area is 229 Å². The molecule has 2 aromatic heterocycles. The minimum Gasteiger partial charge on any atom is -0.497 e. The van der Waals surface area contributed by atoms with E-state index >= 15 is 0 Å². The molecule has 0 saturated carbocycles. The zero-order valence-electron chi connectivity index (χ0n) is 21.5. The van der Waals surface area contributed by atoms with Gasteiger partial charge < -0.3 is 14.8 Å². The lowest BCUT2D eigenvalue weighted by Gasteiger charge is -2.14. The average Bonchev–Trinajstić information content (AvgIpc) is 3.65. The van der Waals surface area contributed by atoms with Crippen molar-refractivity contribution in [2.45, 2.75) is 23.2 Å². The second-order valence-corrected chi connectivity index (χ2v) is 11.5. The number of rotatable bonds is 11. The van der Waals surface area contributed by atoms with Crippen LogP contribution in [0.1, 0.15) is 27.7 Å². The first kappa shape index (κ1) is 28.0. The molecule has 0 aliphatic rings. The molecule has 39 heavy (non-hydrogen) atoms. The number of carbonyl (C=O) groups is 2. The summed E-state index contributed by atoms with van der Waals surface area (Å²) in [5.41, 5.74) is 2.51. The van der Waals surface area contributed by atoms with E-state index in [-0.39, 0.29) is 16.7 Å². The second-order valence-electron chi connectivity index (χ2n) is 8.38. The van der Waals surface area contributed by atoms with Crippen LogP contribution in [0.25, 0.3) is 10.4 Å². The summed E-state index contributed by atoms with van der Waals surface area (Å²) < 4.78 is 40.0. The fourth-order valence-electron chi connectivity index (χ4n) is 3.74. The highest BCUT2D eigenvalue weighted by molar-refractivity contribution is 7.91. The molecule has 1 atom stereocenters. The monoisotopic (exact) mass is 569 g/mol. The molecule has 2 N–H and O–H groups in total. The molecule has 1 amide bonds. The van der Waals surface area contributed by atoms with Crippen LogP contribution in [-0.2, 0) is 32.5 Å². The number of nitrogens with one attached hydrogen (secondary N) is 2. The van der Waals surface area contributed by atoms with Crippen LogP contribution in [0, 0.1) is 0 Å². The Hall–Kier alpha value is -4.07. The van der Waals surface area contributed by atoms with Gasteiger partial charge in [0.25, 0.3) is 5.91 Å². The van der Waals surface area contributed by atoms with Crippen molar-refractivity contribution in [1.82, 2.24) is 25.0 Å². The van der Waals surface area contributed by atoms with Gasteiger partial charge in [0.15, 0.2) is 6.04 Å². The van der Waals surface area contributed by atoms with Gasteiger partial charge in [0, 0.05) is 23.9 Å². The number of ether oxygens (including phenoxy) is 2. The summed E-state index contributed by atoms with van der Waals surface area (Å²) in [5, 5.41) is 10.6. The average molecular weight is 570 g/mol. The normalized spacial score (nSPS) is 12.1. The number of carbonyl (C=O) groups excluding carboxylic acids is 2. The minimum absolute atomic E-state index is 0.118. The fraction of sp³-hybridized carbons (Fsp3) is 0.231. The Morgan fingerprint density at radius 2 is 1.74 bits per heavy atom. The van der Waals surface area contributed by atoms with Crippen molar-refractivity contribution >= 4 is 33.2 Å². The van der Waals surface area contributed by atoms with Crippen molar-refractivity contribution in [1.29, 1.82) is 0 Å². The molecule has 4 rings (SSSR count). The number of benzene rings is 2. The second kappa shape index (κ2) is 12.2. The molecule has 2 heterocycles. The Morgan fingerprint density at radius 3 is 2.38 bits per heavy atom. The molecule has 0 saturated heterocycles. The minimum atomic E-state index is -3.83. The molecule has 4 aromatic rings. The highest BCUT2D eigenvalue weighted by atomic mass is 32.2. The Bertz CT molecular complexity index is 1550. The molecule has 0 aliphatic carbocycles. The molecule has 0 spiro atoms. The van der Waals surface area contributed by atoms with Crippen LogP contribution in [0.15, 0.2) is 71.1 Å². The van der Waals surface area contributed by atoms with Crippen LogP contribution in [-0.4, -0.2) is 56.6 Å². The maximum atomic E-state index is 12.9. The van der Waals surface area contributed by atoms with Gasteiger partial charge in [0.05, 0.1) is 32.7 Å². The van der Waals surface area contributed by atoms with Gasteiger partial charge >= 0.3 is 5.97 Å². The first-order valence-corrected chi connectivity index (χ1v) is 14.1. The van der Waals surface area contributed by atoms with E-state index in [1.807, 2.05) is 12.1 Å². The summed E-state index contributed by atoms with van der Waals surface area (Å²) in [5.74, 6) is -0.00596. The number of aromatic nitrogens is 3. The predicted molar refractivity (Wildman–Crippen MR) is 145 cm³/mol. The fourth-order valence-corrected chi connectivity index (χ4v) is 6.10. The molecule has 11 nitrogen and oxygen atoms in total. The molecule has 0 bridgehead atoms. The highest BCUT2D eigenvalue weighted by Gasteiger charge is 2.24. The summed E-state index contributed by atoms with van der Waals surface area (Å²) >= 11 is 1.11. The molecule has 2 aromatic carbocycles. The van der Waals surface area contributed by atoms with Crippen molar-refractivity contribution in [2.75, 3.05) is 21.3 Å². The van der Waals surface area contributed by atoms with Crippen molar-refractivity contribution in [2.24, 2.45) is 0 Å². The largest absolute Gasteiger partial charge is 0.497 e. The van der Waals surface area contributed by atoms with Gasteiger partial charge in [-0.3, -0.25) is 4.79 Å². The van der Waals surface area contributed by atoms with Gasteiger partial charge in [-0.2, -0.15) is 0 Å². The van der Waals surface area contributed by atoms with E-state index in [9.17, 15) is 18.0 Å². The molecule has 0 radical (unpaired) electrons. The van der Waals surface area contributed by atoms with Gasteiger partial charge in [-0.25, -0.2) is 22.6 Å². The lowest BCUT2D eigenvalue weighted by Crippen LogP contribution is -2.24. The van der Waals surface area contributed by atoms with Crippen LogP contribution in [0.2, 0.25) is 0 Å². The van der Waals surface area contributed by atoms with Crippen LogP contribution in [0.5, 0.6) is 5.75 Å². The summed E-state index contributed by atoms with van der Waals surface area (Å²) in [6.45, 7) is -0.118. The molecule has 204 valence electrons. The van der Waals surface area contributed by atoms with Crippen LogP contribution in [0.3, 0.4) is 0 Å². The summed E-state index contributed by atoms with van der Waals surface area (Å²) in [7, 11) is 0.586. The maximum absolute atomic E-state index is 12.9. The zero-order valence-corrected chi connectivity index (χ0v) is 23.1. The topological polar surface area (TPSA) is 142 Å². The number of esters is 1. The first-order valence-electron chi connectivity index (χ1n) is 11.8. The third-order valence-electron chi connectivity index (χ3n) is 5.89. The number of nitrogens with zero attached hydrogens (tertiary/aromatic N) is 3. The SMILES string of the molecule is CNC(=O)c1ccc(-c2ccc(S(=O)(=O)NCc3cn([C@@H](Cc4ccc(OC)cc4)C(=O)OC)nn3)s2)cc1. The van der Waals surface area contributed by atoms with E-state index in [2.05, 4.69) is 20.4 Å². The third kappa shape index (κ3) is 6.69. The van der Waals surface area contributed by atoms with E-state index in [1.54, 1.807) is 56.6 Å². The van der Waals surface area contributed by atoms with E-state index in [4.69, 9.17) is 9.47 Å². The predicted octanol–water partition coefficient (Wildman–Crippen LogP) is 2.81. The highest BCUT2D eigenvalue weighted by Crippen LogP contribution is 2.31.